The Morgan fingerprint density at radius 1 is 0.872 bits per heavy atom. The molecule has 0 N–H and O–H groups in total. The van der Waals surface area contributed by atoms with Gasteiger partial charge in [-0.3, -0.25) is 0 Å². The normalized spacial score (nSPS) is 11.7. The van der Waals surface area contributed by atoms with Crippen LogP contribution in [-0.2, 0) is 35.7 Å². The molecule has 0 radical (unpaired) electrons. The molecule has 0 saturated carbocycles. The summed E-state index contributed by atoms with van der Waals surface area (Å²) < 4.78 is 90.1. The van der Waals surface area contributed by atoms with Crippen LogP contribution in [-0.4, -0.2) is 39.8 Å². The van der Waals surface area contributed by atoms with Crippen LogP contribution in [0, 0.1) is 23.3 Å². The Kier molecular flexibility index (Phi) is 9.90. The Morgan fingerprint density at radius 2 is 1.62 bits per heavy atom. The maximum absolute atomic E-state index is 15.5. The van der Waals surface area contributed by atoms with Crippen LogP contribution in [0.15, 0.2) is 60.7 Å². The summed E-state index contributed by atoms with van der Waals surface area (Å²) in [5, 5.41) is 0. The fraction of sp³-hybridized carbons (Fsp3) is 0.286. The van der Waals surface area contributed by atoms with Crippen molar-refractivity contribution in [3.63, 3.8) is 0 Å². The summed E-state index contributed by atoms with van der Waals surface area (Å²) in [5.74, 6) is -4.11. The Balaban J connectivity index is 1.40. The molecular weight excluding hydrogens is 621 g/mol. The van der Waals surface area contributed by atoms with Crippen molar-refractivity contribution >= 4 is 17.0 Å². The van der Waals surface area contributed by atoms with Crippen molar-refractivity contribution in [3.8, 4) is 17.1 Å². The molecule has 0 aliphatic carbocycles. The standard InChI is InChI=1S/C35H32F5N3O4/c1-35(2,3)47-34(44)20-10-11-28-29(15-20)43(12-13-45-4)30(41-28)16-23-14-26(38)24(17-25(23)37)27-6-5-7-31(42-27)46-19-22-9-8-21(18-36)32(39)33(22)40/h5-11,14-15,17H,12-13,16,18-19H2,1-4H3. The molecule has 12 heteroatoms. The van der Waals surface area contributed by atoms with Gasteiger partial charge < -0.3 is 18.8 Å². The number of pyridine rings is 1. The van der Waals surface area contributed by atoms with E-state index in [1.54, 1.807) is 43.5 Å². The number of esters is 1. The van der Waals surface area contributed by atoms with Gasteiger partial charge >= 0.3 is 5.97 Å². The molecular formula is C35H32F5N3O4. The number of hydrogen-bond acceptors (Lipinski definition) is 6. The lowest BCUT2D eigenvalue weighted by Gasteiger charge is -2.19. The number of carbonyl (C=O) groups is 1. The van der Waals surface area contributed by atoms with Crippen LogP contribution in [0.25, 0.3) is 22.3 Å². The summed E-state index contributed by atoms with van der Waals surface area (Å²) in [6, 6.07) is 13.7. The van der Waals surface area contributed by atoms with E-state index in [1.165, 1.54) is 31.4 Å². The minimum absolute atomic E-state index is 0.0363. The molecule has 5 rings (SSSR count). The highest BCUT2D eigenvalue weighted by atomic mass is 19.2. The zero-order valence-corrected chi connectivity index (χ0v) is 26.2. The third kappa shape index (κ3) is 7.60. The fourth-order valence-electron chi connectivity index (χ4n) is 4.93. The van der Waals surface area contributed by atoms with Crippen molar-refractivity contribution in [2.24, 2.45) is 0 Å². The second-order valence-corrected chi connectivity index (χ2v) is 11.8. The number of methoxy groups -OCH3 is 1. The van der Waals surface area contributed by atoms with Crippen LogP contribution in [0.4, 0.5) is 22.0 Å². The molecule has 246 valence electrons. The topological polar surface area (TPSA) is 75.5 Å². The van der Waals surface area contributed by atoms with Gasteiger partial charge in [0, 0.05) is 42.8 Å². The number of aromatic nitrogens is 3. The van der Waals surface area contributed by atoms with Crippen LogP contribution in [0.1, 0.15) is 53.6 Å². The molecule has 0 spiro atoms. The van der Waals surface area contributed by atoms with E-state index in [1.807, 2.05) is 0 Å². The van der Waals surface area contributed by atoms with Crippen LogP contribution >= 0.6 is 0 Å². The Morgan fingerprint density at radius 3 is 2.34 bits per heavy atom. The fourth-order valence-corrected chi connectivity index (χ4v) is 4.93. The molecule has 0 aliphatic rings. The van der Waals surface area contributed by atoms with Gasteiger partial charge in [0.15, 0.2) is 11.6 Å². The predicted octanol–water partition coefficient (Wildman–Crippen LogP) is 7.90. The number of nitrogens with zero attached hydrogens (tertiary/aromatic N) is 3. The maximum atomic E-state index is 15.5. The van der Waals surface area contributed by atoms with Crippen LogP contribution in [0.5, 0.6) is 5.88 Å². The number of rotatable bonds is 11. The van der Waals surface area contributed by atoms with Gasteiger partial charge in [0.1, 0.15) is 36.3 Å². The maximum Gasteiger partial charge on any atom is 0.338 e. The molecule has 7 nitrogen and oxygen atoms in total. The first-order valence-corrected chi connectivity index (χ1v) is 14.7. The summed E-state index contributed by atoms with van der Waals surface area (Å²) in [4.78, 5) is 21.5. The van der Waals surface area contributed by atoms with Gasteiger partial charge in [0.25, 0.3) is 0 Å². The van der Waals surface area contributed by atoms with Gasteiger partial charge in [-0.15, -0.1) is 0 Å². The molecule has 2 aromatic heterocycles. The van der Waals surface area contributed by atoms with Gasteiger partial charge in [0.2, 0.25) is 5.88 Å². The van der Waals surface area contributed by atoms with Crippen molar-refractivity contribution in [2.75, 3.05) is 13.7 Å². The van der Waals surface area contributed by atoms with Crippen molar-refractivity contribution in [2.45, 2.75) is 52.6 Å². The number of carbonyl (C=O) groups excluding carboxylic acids is 1. The first-order valence-electron chi connectivity index (χ1n) is 14.7. The highest BCUT2D eigenvalue weighted by Crippen LogP contribution is 2.29. The van der Waals surface area contributed by atoms with E-state index < -0.39 is 53.7 Å². The predicted molar refractivity (Wildman–Crippen MR) is 165 cm³/mol. The Hall–Kier alpha value is -4.84. The van der Waals surface area contributed by atoms with Gasteiger partial charge in [-0.1, -0.05) is 18.2 Å². The monoisotopic (exact) mass is 653 g/mol. The van der Waals surface area contributed by atoms with Gasteiger partial charge in [-0.25, -0.2) is 36.7 Å². The first kappa shape index (κ1) is 33.5. The third-order valence-corrected chi connectivity index (χ3v) is 7.23. The van der Waals surface area contributed by atoms with E-state index in [2.05, 4.69) is 9.97 Å². The highest BCUT2D eigenvalue weighted by molar-refractivity contribution is 5.94. The van der Waals surface area contributed by atoms with E-state index in [4.69, 9.17) is 14.2 Å². The van der Waals surface area contributed by atoms with Crippen molar-refractivity contribution < 1.29 is 41.0 Å². The summed E-state index contributed by atoms with van der Waals surface area (Å²) in [6.45, 7) is 4.38. The minimum Gasteiger partial charge on any atom is -0.473 e. The van der Waals surface area contributed by atoms with Crippen molar-refractivity contribution in [1.82, 2.24) is 14.5 Å². The zero-order valence-electron chi connectivity index (χ0n) is 26.2. The summed E-state index contributed by atoms with van der Waals surface area (Å²) in [7, 11) is 1.54. The quantitative estimate of drug-likeness (QED) is 0.107. The molecule has 5 aromatic rings. The van der Waals surface area contributed by atoms with Crippen molar-refractivity contribution in [3.05, 3.63) is 112 Å². The van der Waals surface area contributed by atoms with Crippen LogP contribution in [0.2, 0.25) is 0 Å². The average Bonchev–Trinajstić information content (AvgIpc) is 3.37. The lowest BCUT2D eigenvalue weighted by atomic mass is 10.0. The first-order chi connectivity index (χ1) is 22.4. The number of benzene rings is 3. The lowest BCUT2D eigenvalue weighted by molar-refractivity contribution is 0.00696. The van der Waals surface area contributed by atoms with E-state index >= 15 is 8.78 Å². The molecule has 0 atom stereocenters. The second-order valence-electron chi connectivity index (χ2n) is 11.8. The number of halogens is 5. The van der Waals surface area contributed by atoms with E-state index in [-0.39, 0.29) is 34.7 Å². The minimum atomic E-state index is -1.30. The molecule has 0 saturated heterocycles. The molecule has 2 heterocycles. The largest absolute Gasteiger partial charge is 0.473 e. The number of ether oxygens (including phenoxy) is 3. The molecule has 0 aliphatic heterocycles. The Bertz CT molecular complexity index is 1940. The average molecular weight is 654 g/mol. The molecule has 0 amide bonds. The number of alkyl halides is 1. The van der Waals surface area contributed by atoms with E-state index in [0.29, 0.717) is 35.6 Å². The van der Waals surface area contributed by atoms with Gasteiger partial charge in [-0.2, -0.15) is 0 Å². The smallest absolute Gasteiger partial charge is 0.338 e. The zero-order chi connectivity index (χ0) is 33.9. The lowest BCUT2D eigenvalue weighted by Crippen LogP contribution is -2.23. The van der Waals surface area contributed by atoms with Gasteiger partial charge in [-0.05, 0) is 62.7 Å². The van der Waals surface area contributed by atoms with Crippen LogP contribution < -0.4 is 4.74 Å². The second kappa shape index (κ2) is 13.9. The van der Waals surface area contributed by atoms with E-state index in [9.17, 15) is 18.0 Å². The van der Waals surface area contributed by atoms with Crippen LogP contribution in [0.3, 0.4) is 0 Å². The molecule has 0 fully saturated rings. The Labute approximate surface area is 267 Å². The number of hydrogen-bond donors (Lipinski definition) is 0. The molecule has 0 bridgehead atoms. The van der Waals surface area contributed by atoms with E-state index in [0.717, 1.165) is 18.2 Å². The highest BCUT2D eigenvalue weighted by Gasteiger charge is 2.21. The summed E-state index contributed by atoms with van der Waals surface area (Å²) in [5.41, 5.74) is 0.179. The van der Waals surface area contributed by atoms with Crippen molar-refractivity contribution in [1.29, 1.82) is 0 Å². The molecule has 47 heavy (non-hydrogen) atoms. The SMILES string of the molecule is COCCn1c(Cc2cc(F)c(-c3cccc(OCc4ccc(CF)c(F)c4F)n3)cc2F)nc2ccc(C(=O)OC(C)(C)C)cc21. The summed E-state index contributed by atoms with van der Waals surface area (Å²) >= 11 is 0. The molecule has 3 aromatic carbocycles. The molecule has 0 unspecified atom stereocenters. The van der Waals surface area contributed by atoms with Gasteiger partial charge in [0.05, 0.1) is 28.9 Å². The summed E-state index contributed by atoms with van der Waals surface area (Å²) in [6.07, 6.45) is -0.0664. The number of imidazole rings is 1. The third-order valence-electron chi connectivity index (χ3n) is 7.23. The number of fused-ring (bicyclic) bond motifs is 1.